The second kappa shape index (κ2) is 9.26. The fraction of sp³-hybridized carbons (Fsp3) is 0.846. The fourth-order valence-electron chi connectivity index (χ4n) is 1.44. The second-order valence-electron chi connectivity index (χ2n) is 4.43. The van der Waals surface area contributed by atoms with Crippen LogP contribution in [0.4, 0.5) is 0 Å². The van der Waals surface area contributed by atoms with Crippen molar-refractivity contribution in [3.8, 4) is 0 Å². The van der Waals surface area contributed by atoms with Crippen molar-refractivity contribution in [2.75, 3.05) is 13.2 Å². The Bertz CT molecular complexity index is 140. The summed E-state index contributed by atoms with van der Waals surface area (Å²) in [5.41, 5.74) is 1.11. The van der Waals surface area contributed by atoms with E-state index in [9.17, 15) is 0 Å². The molecule has 0 N–H and O–H groups in total. The van der Waals surface area contributed by atoms with Gasteiger partial charge in [-0.1, -0.05) is 51.7 Å². The molecule has 1 unspecified atom stereocenters. The average Bonchev–Trinajstić information content (AvgIpc) is 2.12. The van der Waals surface area contributed by atoms with E-state index < -0.39 is 0 Å². The molecule has 0 radical (unpaired) electrons. The van der Waals surface area contributed by atoms with Crippen molar-refractivity contribution in [2.45, 2.75) is 52.9 Å². The highest BCUT2D eigenvalue weighted by Crippen LogP contribution is 2.10. The van der Waals surface area contributed by atoms with Gasteiger partial charge in [-0.25, -0.2) is 0 Å². The minimum Gasteiger partial charge on any atom is -0.377 e. The Morgan fingerprint density at radius 3 is 2.57 bits per heavy atom. The molecule has 0 saturated heterocycles. The summed E-state index contributed by atoms with van der Waals surface area (Å²) in [7, 11) is 0. The first-order valence-corrected chi connectivity index (χ1v) is 5.89. The minimum absolute atomic E-state index is 0.700. The Kier molecular flexibility index (Phi) is 9.06. The Morgan fingerprint density at radius 2 is 2.00 bits per heavy atom. The molecular weight excluding hydrogens is 172 g/mol. The summed E-state index contributed by atoms with van der Waals surface area (Å²) in [5.74, 6) is 0.700. The van der Waals surface area contributed by atoms with Gasteiger partial charge >= 0.3 is 0 Å². The summed E-state index contributed by atoms with van der Waals surface area (Å²) in [6.45, 7) is 11.9. The third kappa shape index (κ3) is 9.79. The molecule has 84 valence electrons. The lowest BCUT2D eigenvalue weighted by molar-refractivity contribution is 0.119. The predicted octanol–water partition coefficient (Wildman–Crippen LogP) is 4.19. The van der Waals surface area contributed by atoms with Crippen molar-refractivity contribution < 1.29 is 4.74 Å². The molecule has 1 heteroatoms. The van der Waals surface area contributed by atoms with Crippen molar-refractivity contribution in [1.29, 1.82) is 0 Å². The molecule has 0 aliphatic heterocycles. The van der Waals surface area contributed by atoms with Crippen molar-refractivity contribution >= 4 is 0 Å². The molecule has 0 rings (SSSR count). The van der Waals surface area contributed by atoms with Gasteiger partial charge in [0, 0.05) is 6.61 Å². The normalized spacial score (nSPS) is 12.8. The zero-order valence-electron chi connectivity index (χ0n) is 10.1. The molecule has 0 fully saturated rings. The molecule has 0 saturated carbocycles. The summed E-state index contributed by atoms with van der Waals surface area (Å²) in [6.07, 6.45) is 6.73. The van der Waals surface area contributed by atoms with Crippen molar-refractivity contribution in [3.63, 3.8) is 0 Å². The lowest BCUT2D eigenvalue weighted by Gasteiger charge is -2.11. The average molecular weight is 198 g/mol. The smallest absolute Gasteiger partial charge is 0.0671 e. The molecule has 0 heterocycles. The summed E-state index contributed by atoms with van der Waals surface area (Å²) in [6, 6.07) is 0. The zero-order chi connectivity index (χ0) is 10.8. The molecule has 0 aliphatic rings. The Morgan fingerprint density at radius 1 is 1.29 bits per heavy atom. The van der Waals surface area contributed by atoms with E-state index in [0.717, 1.165) is 18.8 Å². The van der Waals surface area contributed by atoms with Crippen LogP contribution in [0.5, 0.6) is 0 Å². The SMILES string of the molecule is C=C(C)COCC(C)CCCCCC. The molecule has 0 aromatic heterocycles. The Balaban J connectivity index is 3.19. The third-order valence-electron chi connectivity index (χ3n) is 2.30. The maximum Gasteiger partial charge on any atom is 0.0671 e. The molecule has 0 amide bonds. The van der Waals surface area contributed by atoms with Crippen LogP contribution in [0, 0.1) is 5.92 Å². The summed E-state index contributed by atoms with van der Waals surface area (Å²) < 4.78 is 5.51. The maximum atomic E-state index is 5.51. The van der Waals surface area contributed by atoms with Crippen LogP contribution in [-0.2, 0) is 4.74 Å². The van der Waals surface area contributed by atoms with Gasteiger partial charge in [-0.3, -0.25) is 0 Å². The predicted molar refractivity (Wildman–Crippen MR) is 63.6 cm³/mol. The first-order chi connectivity index (χ1) is 6.66. The van der Waals surface area contributed by atoms with Gasteiger partial charge in [-0.15, -0.1) is 0 Å². The second-order valence-corrected chi connectivity index (χ2v) is 4.43. The first kappa shape index (κ1) is 13.7. The topological polar surface area (TPSA) is 9.23 Å². The van der Waals surface area contributed by atoms with Crippen LogP contribution in [0.1, 0.15) is 52.9 Å². The lowest BCUT2D eigenvalue weighted by Crippen LogP contribution is -2.07. The molecule has 0 spiro atoms. The fourth-order valence-corrected chi connectivity index (χ4v) is 1.44. The highest BCUT2D eigenvalue weighted by molar-refractivity contribution is 4.87. The molecule has 0 aliphatic carbocycles. The number of unbranched alkanes of at least 4 members (excludes halogenated alkanes) is 3. The monoisotopic (exact) mass is 198 g/mol. The third-order valence-corrected chi connectivity index (χ3v) is 2.30. The van der Waals surface area contributed by atoms with Gasteiger partial charge in [-0.05, 0) is 19.3 Å². The van der Waals surface area contributed by atoms with Crippen LogP contribution in [0.2, 0.25) is 0 Å². The van der Waals surface area contributed by atoms with E-state index in [-0.39, 0.29) is 0 Å². The van der Waals surface area contributed by atoms with Crippen LogP contribution in [0.25, 0.3) is 0 Å². The summed E-state index contributed by atoms with van der Waals surface area (Å²) in [5, 5.41) is 0. The van der Waals surface area contributed by atoms with E-state index in [1.807, 2.05) is 6.92 Å². The van der Waals surface area contributed by atoms with Crippen molar-refractivity contribution in [1.82, 2.24) is 0 Å². The number of ether oxygens (including phenoxy) is 1. The number of hydrogen-bond donors (Lipinski definition) is 0. The lowest BCUT2D eigenvalue weighted by atomic mass is 10.0. The van der Waals surface area contributed by atoms with E-state index in [0.29, 0.717) is 5.92 Å². The van der Waals surface area contributed by atoms with Crippen LogP contribution in [0.3, 0.4) is 0 Å². The summed E-state index contributed by atoms with van der Waals surface area (Å²) >= 11 is 0. The van der Waals surface area contributed by atoms with E-state index in [2.05, 4.69) is 20.4 Å². The molecule has 1 nitrogen and oxygen atoms in total. The van der Waals surface area contributed by atoms with E-state index in [4.69, 9.17) is 4.74 Å². The van der Waals surface area contributed by atoms with E-state index >= 15 is 0 Å². The van der Waals surface area contributed by atoms with Gasteiger partial charge in [-0.2, -0.15) is 0 Å². The quantitative estimate of drug-likeness (QED) is 0.399. The van der Waals surface area contributed by atoms with Gasteiger partial charge in [0.2, 0.25) is 0 Å². The van der Waals surface area contributed by atoms with Crippen LogP contribution >= 0.6 is 0 Å². The van der Waals surface area contributed by atoms with Gasteiger partial charge < -0.3 is 4.74 Å². The van der Waals surface area contributed by atoms with Crippen LogP contribution in [-0.4, -0.2) is 13.2 Å². The van der Waals surface area contributed by atoms with Crippen molar-refractivity contribution in [2.24, 2.45) is 5.92 Å². The number of rotatable bonds is 9. The molecule has 14 heavy (non-hydrogen) atoms. The molecular formula is C13H26O. The van der Waals surface area contributed by atoms with E-state index in [1.165, 1.54) is 32.1 Å². The largest absolute Gasteiger partial charge is 0.377 e. The minimum atomic E-state index is 0.700. The van der Waals surface area contributed by atoms with E-state index in [1.54, 1.807) is 0 Å². The van der Waals surface area contributed by atoms with Gasteiger partial charge in [0.15, 0.2) is 0 Å². The van der Waals surface area contributed by atoms with Gasteiger partial charge in [0.1, 0.15) is 0 Å². The standard InChI is InChI=1S/C13H26O/c1-5-6-7-8-9-13(4)11-14-10-12(2)3/h13H,2,5-11H2,1,3-4H3. The molecule has 0 bridgehead atoms. The Hall–Kier alpha value is -0.300. The van der Waals surface area contributed by atoms with Crippen LogP contribution in [0.15, 0.2) is 12.2 Å². The van der Waals surface area contributed by atoms with Crippen LogP contribution < -0.4 is 0 Å². The maximum absolute atomic E-state index is 5.51. The highest BCUT2D eigenvalue weighted by atomic mass is 16.5. The Labute approximate surface area is 89.5 Å². The number of hydrogen-bond acceptors (Lipinski definition) is 1. The van der Waals surface area contributed by atoms with Gasteiger partial charge in [0.05, 0.1) is 6.61 Å². The first-order valence-electron chi connectivity index (χ1n) is 5.89. The molecule has 0 aromatic carbocycles. The molecule has 0 aromatic rings. The van der Waals surface area contributed by atoms with Gasteiger partial charge in [0.25, 0.3) is 0 Å². The zero-order valence-corrected chi connectivity index (χ0v) is 10.1. The highest BCUT2D eigenvalue weighted by Gasteiger charge is 2.01. The molecule has 1 atom stereocenters. The van der Waals surface area contributed by atoms with Crippen molar-refractivity contribution in [3.05, 3.63) is 12.2 Å². The summed E-state index contributed by atoms with van der Waals surface area (Å²) in [4.78, 5) is 0.